The van der Waals surface area contributed by atoms with Crippen molar-refractivity contribution in [2.24, 2.45) is 0 Å². The molecule has 0 aromatic rings. The molecule has 0 aromatic heterocycles. The zero-order chi connectivity index (χ0) is 12.8. The summed E-state index contributed by atoms with van der Waals surface area (Å²) >= 11 is 0. The zero-order valence-corrected chi connectivity index (χ0v) is 9.99. The van der Waals surface area contributed by atoms with Crippen LogP contribution in [0.2, 0.25) is 0 Å². The Morgan fingerprint density at radius 2 is 1.88 bits per heavy atom. The number of carboxylic acids is 1. The summed E-state index contributed by atoms with van der Waals surface area (Å²) in [5.74, 6) is -1.36. The van der Waals surface area contributed by atoms with Crippen molar-refractivity contribution in [2.45, 2.75) is 25.4 Å². The molecular weight excluding hydrogens is 212 g/mol. The third kappa shape index (κ3) is 8.19. The van der Waals surface area contributed by atoms with E-state index in [1.807, 2.05) is 19.0 Å². The average Bonchev–Trinajstić information content (AvgIpc) is 2.09. The number of hydrogen-bond donors (Lipinski definition) is 3. The molecule has 16 heavy (non-hydrogen) atoms. The zero-order valence-electron chi connectivity index (χ0n) is 9.99. The number of carboxylic acid groups (broad SMARTS) is 1. The van der Waals surface area contributed by atoms with E-state index in [-0.39, 0.29) is 25.3 Å². The largest absolute Gasteiger partial charge is 0.481 e. The van der Waals surface area contributed by atoms with Gasteiger partial charge in [-0.15, -0.1) is 0 Å². The first-order valence-electron chi connectivity index (χ1n) is 5.08. The highest BCUT2D eigenvalue weighted by molar-refractivity contribution is 5.80. The van der Waals surface area contributed by atoms with Crippen molar-refractivity contribution in [1.82, 2.24) is 10.2 Å². The maximum absolute atomic E-state index is 11.2. The highest BCUT2D eigenvalue weighted by Gasteiger charge is 2.21. The normalized spacial score (nSPS) is 14.6. The Morgan fingerprint density at radius 3 is 2.31 bits per heavy atom. The lowest BCUT2D eigenvalue weighted by Crippen LogP contribution is -2.47. The number of amides is 1. The van der Waals surface area contributed by atoms with Gasteiger partial charge in [-0.25, -0.2) is 0 Å². The minimum absolute atomic E-state index is 0.0621. The van der Waals surface area contributed by atoms with Gasteiger partial charge < -0.3 is 20.4 Å². The number of nitrogens with one attached hydrogen (secondary N) is 1. The first-order valence-corrected chi connectivity index (χ1v) is 5.08. The summed E-state index contributed by atoms with van der Waals surface area (Å²) in [5, 5.41) is 20.7. The van der Waals surface area contributed by atoms with E-state index < -0.39 is 11.6 Å². The molecule has 0 rings (SSSR count). The maximum Gasteiger partial charge on any atom is 0.303 e. The molecule has 0 aliphatic heterocycles. The summed E-state index contributed by atoms with van der Waals surface area (Å²) in [6.07, 6.45) is -0.255. The number of aliphatic hydroxyl groups is 1. The van der Waals surface area contributed by atoms with E-state index >= 15 is 0 Å². The number of hydrogen-bond acceptors (Lipinski definition) is 4. The molecule has 94 valence electrons. The van der Waals surface area contributed by atoms with Gasteiger partial charge in [0.1, 0.15) is 0 Å². The van der Waals surface area contributed by atoms with Crippen LogP contribution in [0.3, 0.4) is 0 Å². The Hall–Kier alpha value is -1.14. The van der Waals surface area contributed by atoms with Gasteiger partial charge in [0.25, 0.3) is 0 Å². The molecule has 0 aliphatic rings. The topological polar surface area (TPSA) is 89.9 Å². The number of carbonyl (C=O) groups excluding carboxylic acids is 1. The fourth-order valence-electron chi connectivity index (χ4n) is 1.34. The SMILES string of the molecule is CN(C)CC(C)(O)CNC(=O)CCC(=O)O. The van der Waals surface area contributed by atoms with Crippen molar-refractivity contribution >= 4 is 11.9 Å². The van der Waals surface area contributed by atoms with Crippen molar-refractivity contribution in [3.63, 3.8) is 0 Å². The minimum Gasteiger partial charge on any atom is -0.481 e. The Kier molecular flexibility index (Phi) is 5.98. The molecule has 0 spiro atoms. The molecule has 1 atom stereocenters. The van der Waals surface area contributed by atoms with Gasteiger partial charge in [-0.2, -0.15) is 0 Å². The Labute approximate surface area is 95.2 Å². The van der Waals surface area contributed by atoms with Gasteiger partial charge in [-0.05, 0) is 21.0 Å². The van der Waals surface area contributed by atoms with Crippen LogP contribution in [0.5, 0.6) is 0 Å². The number of likely N-dealkylation sites (N-methyl/N-ethyl adjacent to an activating group) is 1. The summed E-state index contributed by atoms with van der Waals surface area (Å²) in [4.78, 5) is 23.2. The molecule has 3 N–H and O–H groups in total. The number of aliphatic carboxylic acids is 1. The van der Waals surface area contributed by atoms with Crippen LogP contribution in [0.1, 0.15) is 19.8 Å². The highest BCUT2D eigenvalue weighted by atomic mass is 16.4. The van der Waals surface area contributed by atoms with Crippen molar-refractivity contribution in [2.75, 3.05) is 27.2 Å². The number of nitrogens with zero attached hydrogens (tertiary/aromatic N) is 1. The van der Waals surface area contributed by atoms with Crippen LogP contribution in [-0.4, -0.2) is 59.8 Å². The standard InChI is InChI=1S/C10H20N2O4/c1-10(16,7-12(2)3)6-11-8(13)4-5-9(14)15/h16H,4-7H2,1-3H3,(H,11,13)(H,14,15). The predicted octanol–water partition coefficient (Wildman–Crippen LogP) is -0.720. The van der Waals surface area contributed by atoms with E-state index in [0.717, 1.165) is 0 Å². The van der Waals surface area contributed by atoms with E-state index in [1.165, 1.54) is 0 Å². The number of rotatable bonds is 7. The molecule has 0 heterocycles. The van der Waals surface area contributed by atoms with E-state index in [2.05, 4.69) is 5.32 Å². The minimum atomic E-state index is -1.01. The summed E-state index contributed by atoms with van der Waals surface area (Å²) < 4.78 is 0. The third-order valence-corrected chi connectivity index (χ3v) is 1.89. The van der Waals surface area contributed by atoms with Crippen LogP contribution >= 0.6 is 0 Å². The summed E-state index contributed by atoms with van der Waals surface area (Å²) in [6, 6.07) is 0. The van der Waals surface area contributed by atoms with Gasteiger partial charge in [0, 0.05) is 19.5 Å². The molecule has 0 aromatic carbocycles. The van der Waals surface area contributed by atoms with Crippen molar-refractivity contribution in [3.8, 4) is 0 Å². The first-order chi connectivity index (χ1) is 7.23. The smallest absolute Gasteiger partial charge is 0.303 e. The average molecular weight is 232 g/mol. The fraction of sp³-hybridized carbons (Fsp3) is 0.800. The molecule has 1 amide bonds. The third-order valence-electron chi connectivity index (χ3n) is 1.89. The number of carbonyl (C=O) groups is 2. The predicted molar refractivity (Wildman–Crippen MR) is 59.1 cm³/mol. The fourth-order valence-corrected chi connectivity index (χ4v) is 1.34. The van der Waals surface area contributed by atoms with Crippen LogP contribution in [0.15, 0.2) is 0 Å². The van der Waals surface area contributed by atoms with Crippen LogP contribution in [-0.2, 0) is 9.59 Å². The van der Waals surface area contributed by atoms with Gasteiger partial charge in [-0.1, -0.05) is 0 Å². The van der Waals surface area contributed by atoms with Gasteiger partial charge in [0.05, 0.1) is 12.0 Å². The quantitative estimate of drug-likeness (QED) is 0.539. The van der Waals surface area contributed by atoms with Crippen molar-refractivity contribution in [3.05, 3.63) is 0 Å². The second-order valence-corrected chi connectivity index (χ2v) is 4.41. The van der Waals surface area contributed by atoms with Gasteiger partial charge >= 0.3 is 5.97 Å². The molecular formula is C10H20N2O4. The van der Waals surface area contributed by atoms with Crippen molar-refractivity contribution in [1.29, 1.82) is 0 Å². The van der Waals surface area contributed by atoms with E-state index in [0.29, 0.717) is 6.54 Å². The van der Waals surface area contributed by atoms with Gasteiger partial charge in [0.15, 0.2) is 0 Å². The highest BCUT2D eigenvalue weighted by Crippen LogP contribution is 2.02. The summed E-state index contributed by atoms with van der Waals surface area (Å²) in [7, 11) is 3.64. The Bertz CT molecular complexity index is 251. The van der Waals surface area contributed by atoms with E-state index in [4.69, 9.17) is 5.11 Å². The summed E-state index contributed by atoms with van der Waals surface area (Å²) in [6.45, 7) is 2.15. The van der Waals surface area contributed by atoms with Crippen LogP contribution in [0, 0.1) is 0 Å². The Morgan fingerprint density at radius 1 is 1.31 bits per heavy atom. The van der Waals surface area contributed by atoms with Crippen LogP contribution < -0.4 is 5.32 Å². The molecule has 1 unspecified atom stereocenters. The molecule has 6 heteroatoms. The molecule has 0 fully saturated rings. The summed E-state index contributed by atoms with van der Waals surface area (Å²) in [5.41, 5.74) is -1.01. The Balaban J connectivity index is 3.85. The molecule has 0 saturated carbocycles. The van der Waals surface area contributed by atoms with Crippen molar-refractivity contribution < 1.29 is 19.8 Å². The molecule has 0 radical (unpaired) electrons. The lowest BCUT2D eigenvalue weighted by molar-refractivity contribution is -0.138. The molecule has 0 saturated heterocycles. The van der Waals surface area contributed by atoms with Gasteiger partial charge in [0.2, 0.25) is 5.91 Å². The molecule has 6 nitrogen and oxygen atoms in total. The van der Waals surface area contributed by atoms with E-state index in [1.54, 1.807) is 6.92 Å². The maximum atomic E-state index is 11.2. The lowest BCUT2D eigenvalue weighted by atomic mass is 10.1. The lowest BCUT2D eigenvalue weighted by Gasteiger charge is -2.27. The second kappa shape index (κ2) is 6.44. The molecule has 0 aliphatic carbocycles. The monoisotopic (exact) mass is 232 g/mol. The van der Waals surface area contributed by atoms with E-state index in [9.17, 15) is 14.7 Å². The first kappa shape index (κ1) is 14.9. The van der Waals surface area contributed by atoms with Crippen LogP contribution in [0.4, 0.5) is 0 Å². The van der Waals surface area contributed by atoms with Gasteiger partial charge in [-0.3, -0.25) is 9.59 Å². The second-order valence-electron chi connectivity index (χ2n) is 4.41. The van der Waals surface area contributed by atoms with Crippen LogP contribution in [0.25, 0.3) is 0 Å². The molecule has 0 bridgehead atoms.